The molecule has 2 aromatic rings. The van der Waals surface area contributed by atoms with Crippen molar-refractivity contribution in [1.82, 2.24) is 4.90 Å². The second-order valence-corrected chi connectivity index (χ2v) is 5.45. The van der Waals surface area contributed by atoms with Crippen LogP contribution in [0.4, 0.5) is 0 Å². The van der Waals surface area contributed by atoms with Crippen LogP contribution in [0, 0.1) is 0 Å². The molecule has 0 unspecified atom stereocenters. The van der Waals surface area contributed by atoms with E-state index in [1.54, 1.807) is 7.11 Å². The van der Waals surface area contributed by atoms with Crippen molar-refractivity contribution >= 4 is 12.0 Å². The van der Waals surface area contributed by atoms with E-state index in [-0.39, 0.29) is 5.91 Å². The first kappa shape index (κ1) is 14.4. The fraction of sp³-hybridized carbons (Fsp3) is 0.211. The maximum Gasteiger partial charge on any atom is 0.254 e. The molecule has 0 radical (unpaired) electrons. The Morgan fingerprint density at radius 1 is 1.23 bits per heavy atom. The first-order valence-electron chi connectivity index (χ1n) is 7.39. The summed E-state index contributed by atoms with van der Waals surface area (Å²) in [6.45, 7) is 5.16. The number of carbonyl (C=O) groups excluding carboxylic acids is 1. The van der Waals surface area contributed by atoms with Gasteiger partial charge in [0.2, 0.25) is 0 Å². The summed E-state index contributed by atoms with van der Waals surface area (Å²) in [5.74, 6) is 0.934. The van der Waals surface area contributed by atoms with E-state index in [4.69, 9.17) is 4.74 Å². The van der Waals surface area contributed by atoms with Gasteiger partial charge in [0.15, 0.2) is 0 Å². The van der Waals surface area contributed by atoms with Gasteiger partial charge in [-0.3, -0.25) is 4.79 Å². The highest BCUT2D eigenvalue weighted by Crippen LogP contribution is 2.23. The Bertz CT molecular complexity index is 704. The molecule has 0 aromatic heterocycles. The van der Waals surface area contributed by atoms with Crippen LogP contribution in [0.5, 0.6) is 5.75 Å². The standard InChI is InChI=1S/C19H19NO2/c1-3-14-6-9-18-16(12-14)10-11-20(19(18)21)13-15-4-7-17(22-2)8-5-15/h3-9,12H,1,10-11,13H2,2H3. The number of methoxy groups -OCH3 is 1. The highest BCUT2D eigenvalue weighted by molar-refractivity contribution is 5.97. The molecule has 0 bridgehead atoms. The van der Waals surface area contributed by atoms with Gasteiger partial charge in [0, 0.05) is 18.7 Å². The zero-order valence-electron chi connectivity index (χ0n) is 12.7. The Morgan fingerprint density at radius 3 is 2.68 bits per heavy atom. The number of ether oxygens (including phenoxy) is 1. The van der Waals surface area contributed by atoms with Crippen molar-refractivity contribution in [2.75, 3.05) is 13.7 Å². The topological polar surface area (TPSA) is 29.5 Å². The fourth-order valence-electron chi connectivity index (χ4n) is 2.79. The molecule has 0 saturated carbocycles. The summed E-state index contributed by atoms with van der Waals surface area (Å²) >= 11 is 0. The molecule has 0 aliphatic carbocycles. The van der Waals surface area contributed by atoms with Crippen LogP contribution in [0.2, 0.25) is 0 Å². The van der Waals surface area contributed by atoms with Gasteiger partial charge in [0.1, 0.15) is 5.75 Å². The zero-order valence-corrected chi connectivity index (χ0v) is 12.7. The monoisotopic (exact) mass is 293 g/mol. The third-order valence-corrected chi connectivity index (χ3v) is 4.07. The molecule has 0 saturated heterocycles. The highest BCUT2D eigenvalue weighted by atomic mass is 16.5. The Balaban J connectivity index is 1.78. The summed E-state index contributed by atoms with van der Waals surface area (Å²) in [5.41, 5.74) is 4.11. The van der Waals surface area contributed by atoms with E-state index in [0.29, 0.717) is 6.54 Å². The third-order valence-electron chi connectivity index (χ3n) is 4.07. The molecule has 0 atom stereocenters. The molecule has 22 heavy (non-hydrogen) atoms. The molecule has 0 spiro atoms. The van der Waals surface area contributed by atoms with Crippen molar-refractivity contribution in [2.24, 2.45) is 0 Å². The zero-order chi connectivity index (χ0) is 15.5. The number of hydrogen-bond acceptors (Lipinski definition) is 2. The van der Waals surface area contributed by atoms with E-state index in [1.165, 1.54) is 0 Å². The number of amides is 1. The van der Waals surface area contributed by atoms with E-state index in [9.17, 15) is 4.79 Å². The average molecular weight is 293 g/mol. The molecular formula is C19H19NO2. The van der Waals surface area contributed by atoms with E-state index in [0.717, 1.165) is 41.0 Å². The molecule has 1 aliphatic heterocycles. The number of carbonyl (C=O) groups is 1. The van der Waals surface area contributed by atoms with E-state index in [1.807, 2.05) is 47.4 Å². The van der Waals surface area contributed by atoms with Gasteiger partial charge in [-0.1, -0.05) is 36.9 Å². The van der Waals surface area contributed by atoms with E-state index >= 15 is 0 Å². The Labute approximate surface area is 130 Å². The number of rotatable bonds is 4. The van der Waals surface area contributed by atoms with Crippen molar-refractivity contribution in [3.05, 3.63) is 71.3 Å². The average Bonchev–Trinajstić information content (AvgIpc) is 2.57. The fourth-order valence-corrected chi connectivity index (χ4v) is 2.79. The molecule has 1 aliphatic rings. The maximum atomic E-state index is 12.6. The first-order valence-corrected chi connectivity index (χ1v) is 7.39. The SMILES string of the molecule is C=Cc1ccc2c(c1)CCN(Cc1ccc(OC)cc1)C2=O. The Hall–Kier alpha value is -2.55. The number of benzene rings is 2. The van der Waals surface area contributed by atoms with Gasteiger partial charge in [0.25, 0.3) is 5.91 Å². The van der Waals surface area contributed by atoms with Crippen molar-refractivity contribution in [1.29, 1.82) is 0 Å². The summed E-state index contributed by atoms with van der Waals surface area (Å²) in [6.07, 6.45) is 2.70. The maximum absolute atomic E-state index is 12.6. The normalized spacial score (nSPS) is 13.7. The second kappa shape index (κ2) is 6.06. The first-order chi connectivity index (χ1) is 10.7. The van der Waals surface area contributed by atoms with Gasteiger partial charge in [-0.05, 0) is 41.3 Å². The largest absolute Gasteiger partial charge is 0.497 e. The highest BCUT2D eigenvalue weighted by Gasteiger charge is 2.24. The minimum atomic E-state index is 0.104. The summed E-state index contributed by atoms with van der Waals surface area (Å²) < 4.78 is 5.16. The predicted octanol–water partition coefficient (Wildman–Crippen LogP) is 3.54. The van der Waals surface area contributed by atoms with Crippen LogP contribution in [0.3, 0.4) is 0 Å². The third kappa shape index (κ3) is 2.75. The van der Waals surface area contributed by atoms with Gasteiger partial charge in [0.05, 0.1) is 7.11 Å². The summed E-state index contributed by atoms with van der Waals surface area (Å²) in [6, 6.07) is 13.8. The summed E-state index contributed by atoms with van der Waals surface area (Å²) in [7, 11) is 1.65. The summed E-state index contributed by atoms with van der Waals surface area (Å²) in [4.78, 5) is 14.5. The van der Waals surface area contributed by atoms with Crippen molar-refractivity contribution < 1.29 is 9.53 Å². The predicted molar refractivity (Wildman–Crippen MR) is 88.0 cm³/mol. The Morgan fingerprint density at radius 2 is 2.00 bits per heavy atom. The summed E-state index contributed by atoms with van der Waals surface area (Å²) in [5, 5.41) is 0. The lowest BCUT2D eigenvalue weighted by atomic mass is 9.96. The lowest BCUT2D eigenvalue weighted by molar-refractivity contribution is 0.0727. The van der Waals surface area contributed by atoms with Crippen LogP contribution in [-0.4, -0.2) is 24.5 Å². The second-order valence-electron chi connectivity index (χ2n) is 5.45. The Kier molecular flexibility index (Phi) is 3.96. The number of hydrogen-bond donors (Lipinski definition) is 0. The van der Waals surface area contributed by atoms with Crippen LogP contribution in [0.15, 0.2) is 49.0 Å². The van der Waals surface area contributed by atoms with Crippen LogP contribution in [-0.2, 0) is 13.0 Å². The molecule has 0 N–H and O–H groups in total. The van der Waals surface area contributed by atoms with Gasteiger partial charge < -0.3 is 9.64 Å². The van der Waals surface area contributed by atoms with Crippen LogP contribution < -0.4 is 4.74 Å². The van der Waals surface area contributed by atoms with Gasteiger partial charge in [-0.2, -0.15) is 0 Å². The van der Waals surface area contributed by atoms with E-state index in [2.05, 4.69) is 12.6 Å². The minimum Gasteiger partial charge on any atom is -0.497 e. The van der Waals surface area contributed by atoms with Crippen LogP contribution >= 0.6 is 0 Å². The molecule has 0 fully saturated rings. The molecule has 2 aromatic carbocycles. The van der Waals surface area contributed by atoms with Gasteiger partial charge in [-0.25, -0.2) is 0 Å². The van der Waals surface area contributed by atoms with Gasteiger partial charge >= 0.3 is 0 Å². The van der Waals surface area contributed by atoms with E-state index < -0.39 is 0 Å². The van der Waals surface area contributed by atoms with Crippen LogP contribution in [0.25, 0.3) is 6.08 Å². The smallest absolute Gasteiger partial charge is 0.254 e. The minimum absolute atomic E-state index is 0.104. The number of nitrogens with zero attached hydrogens (tertiary/aromatic N) is 1. The molecule has 3 nitrogen and oxygen atoms in total. The molecule has 1 heterocycles. The quantitative estimate of drug-likeness (QED) is 0.863. The number of fused-ring (bicyclic) bond motifs is 1. The molecule has 112 valence electrons. The molecular weight excluding hydrogens is 274 g/mol. The lowest BCUT2D eigenvalue weighted by Crippen LogP contribution is -2.37. The van der Waals surface area contributed by atoms with Crippen molar-refractivity contribution in [3.63, 3.8) is 0 Å². The van der Waals surface area contributed by atoms with Crippen molar-refractivity contribution in [2.45, 2.75) is 13.0 Å². The van der Waals surface area contributed by atoms with Crippen molar-refractivity contribution in [3.8, 4) is 5.75 Å². The molecule has 3 rings (SSSR count). The van der Waals surface area contributed by atoms with Crippen LogP contribution in [0.1, 0.15) is 27.0 Å². The lowest BCUT2D eigenvalue weighted by Gasteiger charge is -2.29. The molecule has 3 heteroatoms. The molecule has 1 amide bonds. The van der Waals surface area contributed by atoms with Gasteiger partial charge in [-0.15, -0.1) is 0 Å².